The average molecular weight is 407 g/mol. The Labute approximate surface area is 167 Å². The SMILES string of the molecule is CC1=Cc2cc(Cl)ccc2C(C2CCN(S(C)(=O)=O)CC2)C/C1=C\C=C/N. The molecule has 1 heterocycles. The van der Waals surface area contributed by atoms with Crippen molar-refractivity contribution in [3.05, 3.63) is 63.8 Å². The van der Waals surface area contributed by atoms with Crippen LogP contribution in [0.15, 0.2) is 47.7 Å². The summed E-state index contributed by atoms with van der Waals surface area (Å²) in [6, 6.07) is 6.12. The molecule has 0 amide bonds. The first-order chi connectivity index (χ1) is 12.8. The number of benzene rings is 1. The fraction of sp³-hybridized carbons (Fsp3) is 0.429. The van der Waals surface area contributed by atoms with E-state index in [4.69, 9.17) is 17.3 Å². The molecule has 1 aromatic carbocycles. The molecule has 1 aromatic rings. The standard InChI is InChI=1S/C21H27ClN2O2S/c1-15-12-18-13-19(22)5-6-20(18)21(14-17(15)4-3-9-23)16-7-10-24(11-8-16)27(2,25)26/h3-6,9,12-13,16,21H,7-8,10-11,14,23H2,1-2H3/b9-3-,17-4+. The molecule has 1 aliphatic carbocycles. The molecule has 1 unspecified atom stereocenters. The lowest BCUT2D eigenvalue weighted by Crippen LogP contribution is -2.39. The Bertz CT molecular complexity index is 895. The van der Waals surface area contributed by atoms with Gasteiger partial charge in [-0.05, 0) is 84.7 Å². The highest BCUT2D eigenvalue weighted by atomic mass is 35.5. The molecule has 1 fully saturated rings. The number of sulfonamides is 1. The van der Waals surface area contributed by atoms with Crippen LogP contribution < -0.4 is 5.73 Å². The van der Waals surface area contributed by atoms with Crippen LogP contribution in [0.2, 0.25) is 5.02 Å². The Morgan fingerprint density at radius 1 is 1.26 bits per heavy atom. The zero-order chi connectivity index (χ0) is 19.6. The lowest BCUT2D eigenvalue weighted by atomic mass is 9.76. The van der Waals surface area contributed by atoms with E-state index in [2.05, 4.69) is 25.1 Å². The number of nitrogens with two attached hydrogens (primary N) is 1. The number of fused-ring (bicyclic) bond motifs is 1. The highest BCUT2D eigenvalue weighted by molar-refractivity contribution is 7.88. The molecule has 0 spiro atoms. The Morgan fingerprint density at radius 2 is 1.96 bits per heavy atom. The first kappa shape index (κ1) is 20.2. The second kappa shape index (κ2) is 8.21. The number of hydrogen-bond donors (Lipinski definition) is 1. The van der Waals surface area contributed by atoms with Crippen molar-refractivity contribution < 1.29 is 8.42 Å². The third-order valence-corrected chi connectivity index (χ3v) is 7.25. The highest BCUT2D eigenvalue weighted by Crippen LogP contribution is 2.43. The van der Waals surface area contributed by atoms with E-state index >= 15 is 0 Å². The minimum atomic E-state index is -3.11. The van der Waals surface area contributed by atoms with Gasteiger partial charge >= 0.3 is 0 Å². The third kappa shape index (κ3) is 4.65. The lowest BCUT2D eigenvalue weighted by Gasteiger charge is -2.35. The summed E-state index contributed by atoms with van der Waals surface area (Å²) in [6.07, 6.45) is 11.7. The van der Waals surface area contributed by atoms with Gasteiger partial charge in [0.2, 0.25) is 10.0 Å². The number of rotatable bonds is 3. The molecule has 6 heteroatoms. The molecule has 146 valence electrons. The number of nitrogens with zero attached hydrogens (tertiary/aromatic N) is 1. The summed E-state index contributed by atoms with van der Waals surface area (Å²) in [6.45, 7) is 3.31. The maximum absolute atomic E-state index is 11.8. The van der Waals surface area contributed by atoms with Gasteiger partial charge in [0.15, 0.2) is 0 Å². The van der Waals surface area contributed by atoms with Crippen LogP contribution in [0.5, 0.6) is 0 Å². The van der Waals surface area contributed by atoms with Gasteiger partial charge in [0, 0.05) is 18.1 Å². The van der Waals surface area contributed by atoms with Crippen molar-refractivity contribution in [1.29, 1.82) is 0 Å². The van der Waals surface area contributed by atoms with Crippen molar-refractivity contribution >= 4 is 27.7 Å². The van der Waals surface area contributed by atoms with Crippen molar-refractivity contribution in [3.63, 3.8) is 0 Å². The van der Waals surface area contributed by atoms with E-state index in [0.29, 0.717) is 24.9 Å². The van der Waals surface area contributed by atoms with E-state index < -0.39 is 10.0 Å². The minimum Gasteiger partial charge on any atom is -0.405 e. The molecule has 3 rings (SSSR count). The Balaban J connectivity index is 1.94. The fourth-order valence-corrected chi connectivity index (χ4v) is 5.30. The van der Waals surface area contributed by atoms with E-state index in [0.717, 1.165) is 29.8 Å². The van der Waals surface area contributed by atoms with Crippen LogP contribution in [0, 0.1) is 5.92 Å². The molecule has 0 aromatic heterocycles. The summed E-state index contributed by atoms with van der Waals surface area (Å²) in [5.41, 5.74) is 10.5. The van der Waals surface area contributed by atoms with Gasteiger partial charge < -0.3 is 5.73 Å². The van der Waals surface area contributed by atoms with Crippen molar-refractivity contribution in [2.75, 3.05) is 19.3 Å². The molecule has 4 nitrogen and oxygen atoms in total. The van der Waals surface area contributed by atoms with E-state index in [1.807, 2.05) is 18.2 Å². The van der Waals surface area contributed by atoms with Crippen molar-refractivity contribution in [3.8, 4) is 0 Å². The van der Waals surface area contributed by atoms with E-state index in [-0.39, 0.29) is 0 Å². The molecule has 1 aliphatic heterocycles. The van der Waals surface area contributed by atoms with Crippen LogP contribution in [0.25, 0.3) is 6.08 Å². The van der Waals surface area contributed by atoms with Crippen molar-refractivity contribution in [1.82, 2.24) is 4.31 Å². The van der Waals surface area contributed by atoms with Gasteiger partial charge in [-0.3, -0.25) is 0 Å². The number of piperidine rings is 1. The topological polar surface area (TPSA) is 63.4 Å². The Kier molecular flexibility index (Phi) is 6.14. The summed E-state index contributed by atoms with van der Waals surface area (Å²) >= 11 is 6.26. The molecular weight excluding hydrogens is 380 g/mol. The Hall–Kier alpha value is -1.56. The van der Waals surface area contributed by atoms with Gasteiger partial charge in [0.1, 0.15) is 0 Å². The third-order valence-electron chi connectivity index (χ3n) is 5.71. The zero-order valence-corrected chi connectivity index (χ0v) is 17.4. The summed E-state index contributed by atoms with van der Waals surface area (Å²) in [5, 5.41) is 0.734. The molecule has 27 heavy (non-hydrogen) atoms. The van der Waals surface area contributed by atoms with Crippen LogP contribution in [0.1, 0.15) is 43.2 Å². The van der Waals surface area contributed by atoms with Gasteiger partial charge in [-0.2, -0.15) is 0 Å². The van der Waals surface area contributed by atoms with E-state index in [1.54, 1.807) is 10.5 Å². The number of halogens is 1. The van der Waals surface area contributed by atoms with Gasteiger partial charge in [-0.1, -0.05) is 29.8 Å². The van der Waals surface area contributed by atoms with E-state index in [9.17, 15) is 8.42 Å². The zero-order valence-electron chi connectivity index (χ0n) is 15.9. The predicted octanol–water partition coefficient (Wildman–Crippen LogP) is 4.30. The molecule has 0 saturated carbocycles. The first-order valence-electron chi connectivity index (χ1n) is 9.30. The molecule has 1 atom stereocenters. The van der Waals surface area contributed by atoms with Crippen LogP contribution >= 0.6 is 11.6 Å². The summed E-state index contributed by atoms with van der Waals surface area (Å²) in [5.74, 6) is 0.776. The number of hydrogen-bond acceptors (Lipinski definition) is 3. The maximum atomic E-state index is 11.8. The lowest BCUT2D eigenvalue weighted by molar-refractivity contribution is 0.243. The molecule has 0 radical (unpaired) electrons. The van der Waals surface area contributed by atoms with Crippen LogP contribution in [-0.2, 0) is 10.0 Å². The Morgan fingerprint density at radius 3 is 2.59 bits per heavy atom. The van der Waals surface area contributed by atoms with Crippen LogP contribution in [-0.4, -0.2) is 32.1 Å². The van der Waals surface area contributed by atoms with Gasteiger partial charge in [-0.15, -0.1) is 0 Å². The second-order valence-corrected chi connectivity index (χ2v) is 9.91. The van der Waals surface area contributed by atoms with E-state index in [1.165, 1.54) is 23.0 Å². The number of allylic oxidation sites excluding steroid dienone is 4. The molecular formula is C21H27ClN2O2S. The summed E-state index contributed by atoms with van der Waals surface area (Å²) in [7, 11) is -3.11. The minimum absolute atomic E-state index is 0.338. The quantitative estimate of drug-likeness (QED) is 0.813. The van der Waals surface area contributed by atoms with Crippen molar-refractivity contribution in [2.24, 2.45) is 11.7 Å². The van der Waals surface area contributed by atoms with Gasteiger partial charge in [-0.25, -0.2) is 12.7 Å². The molecule has 0 bridgehead atoms. The van der Waals surface area contributed by atoms with Crippen molar-refractivity contribution in [2.45, 2.75) is 32.1 Å². The molecule has 2 aliphatic rings. The van der Waals surface area contributed by atoms with Gasteiger partial charge in [0.05, 0.1) is 6.26 Å². The molecule has 1 saturated heterocycles. The fourth-order valence-electron chi connectivity index (χ4n) is 4.24. The summed E-state index contributed by atoms with van der Waals surface area (Å²) in [4.78, 5) is 0. The molecule has 2 N–H and O–H groups in total. The predicted molar refractivity (Wildman–Crippen MR) is 113 cm³/mol. The second-order valence-electron chi connectivity index (χ2n) is 7.49. The van der Waals surface area contributed by atoms with Gasteiger partial charge in [0.25, 0.3) is 0 Å². The largest absolute Gasteiger partial charge is 0.405 e. The smallest absolute Gasteiger partial charge is 0.211 e. The first-order valence-corrected chi connectivity index (χ1v) is 11.5. The maximum Gasteiger partial charge on any atom is 0.211 e. The average Bonchev–Trinajstić information content (AvgIpc) is 2.75. The highest BCUT2D eigenvalue weighted by Gasteiger charge is 2.33. The van der Waals surface area contributed by atoms with Crippen LogP contribution in [0.4, 0.5) is 0 Å². The summed E-state index contributed by atoms with van der Waals surface area (Å²) < 4.78 is 25.3. The normalized spacial score (nSPS) is 24.0. The van der Waals surface area contributed by atoms with Crippen LogP contribution in [0.3, 0.4) is 0 Å². The monoisotopic (exact) mass is 406 g/mol.